The largest absolute Gasteiger partial charge is 0.378 e. The Labute approximate surface area is 149 Å². The van der Waals surface area contributed by atoms with Crippen LogP contribution in [-0.2, 0) is 14.8 Å². The van der Waals surface area contributed by atoms with E-state index in [2.05, 4.69) is 6.92 Å². The first kappa shape index (κ1) is 18.4. The van der Waals surface area contributed by atoms with Gasteiger partial charge in [0.25, 0.3) is 5.91 Å². The van der Waals surface area contributed by atoms with Gasteiger partial charge in [0.15, 0.2) is 0 Å². The van der Waals surface area contributed by atoms with Crippen LogP contribution in [0, 0.1) is 5.92 Å². The molecule has 3 rings (SSSR count). The van der Waals surface area contributed by atoms with Gasteiger partial charge >= 0.3 is 0 Å². The molecule has 138 valence electrons. The quantitative estimate of drug-likeness (QED) is 0.820. The van der Waals surface area contributed by atoms with Gasteiger partial charge in [-0.25, -0.2) is 8.42 Å². The number of hydrogen-bond acceptors (Lipinski definition) is 4. The number of amides is 1. The van der Waals surface area contributed by atoms with E-state index in [1.807, 2.05) is 11.8 Å². The third-order valence-corrected chi connectivity index (χ3v) is 6.95. The Morgan fingerprint density at radius 3 is 2.76 bits per heavy atom. The van der Waals surface area contributed by atoms with Gasteiger partial charge in [-0.2, -0.15) is 4.31 Å². The maximum Gasteiger partial charge on any atom is 0.253 e. The normalized spacial score (nSPS) is 25.8. The molecule has 0 bridgehead atoms. The molecule has 2 aliphatic heterocycles. The Balaban J connectivity index is 1.84. The Bertz CT molecular complexity index is 734. The summed E-state index contributed by atoms with van der Waals surface area (Å²) in [4.78, 5) is 14.8. The first-order valence-electron chi connectivity index (χ1n) is 8.88. The van der Waals surface area contributed by atoms with Gasteiger partial charge in [0.2, 0.25) is 10.0 Å². The summed E-state index contributed by atoms with van der Waals surface area (Å²) in [7, 11) is -3.63. The second kappa shape index (κ2) is 7.43. The molecule has 2 heterocycles. The summed E-state index contributed by atoms with van der Waals surface area (Å²) in [6.07, 6.45) is 2.13. The summed E-state index contributed by atoms with van der Waals surface area (Å²) in [5, 5.41) is 0. The summed E-state index contributed by atoms with van der Waals surface area (Å²) < 4.78 is 32.7. The van der Waals surface area contributed by atoms with E-state index in [0.29, 0.717) is 31.2 Å². The van der Waals surface area contributed by atoms with Crippen molar-refractivity contribution in [1.82, 2.24) is 9.21 Å². The van der Waals surface area contributed by atoms with Crippen LogP contribution in [-0.4, -0.2) is 62.4 Å². The summed E-state index contributed by atoms with van der Waals surface area (Å²) >= 11 is 0. The number of sulfonamides is 1. The van der Waals surface area contributed by atoms with Gasteiger partial charge in [-0.15, -0.1) is 0 Å². The van der Waals surface area contributed by atoms with Gasteiger partial charge in [-0.1, -0.05) is 13.0 Å². The number of carbonyl (C=O) groups excluding carboxylic acids is 1. The fraction of sp³-hybridized carbons (Fsp3) is 0.611. The van der Waals surface area contributed by atoms with Crippen molar-refractivity contribution in [3.63, 3.8) is 0 Å². The van der Waals surface area contributed by atoms with E-state index in [1.165, 1.54) is 10.4 Å². The van der Waals surface area contributed by atoms with E-state index in [-0.39, 0.29) is 16.8 Å². The van der Waals surface area contributed by atoms with Crippen LogP contribution in [0.4, 0.5) is 0 Å². The molecule has 2 fully saturated rings. The third kappa shape index (κ3) is 3.88. The molecule has 0 radical (unpaired) electrons. The van der Waals surface area contributed by atoms with E-state index in [9.17, 15) is 13.2 Å². The molecular weight excluding hydrogens is 340 g/mol. The lowest BCUT2D eigenvalue weighted by Gasteiger charge is -2.32. The number of piperidine rings is 1. The van der Waals surface area contributed by atoms with Crippen molar-refractivity contribution < 1.29 is 17.9 Å². The fourth-order valence-corrected chi connectivity index (χ4v) is 5.20. The van der Waals surface area contributed by atoms with Gasteiger partial charge in [-0.05, 0) is 43.9 Å². The molecule has 2 aliphatic rings. The smallest absolute Gasteiger partial charge is 0.253 e. The molecule has 2 unspecified atom stereocenters. The number of nitrogens with zero attached hydrogens (tertiary/aromatic N) is 2. The standard InChI is InChI=1S/C18H26N2O4S/c1-14-5-4-8-19(12-14)18(21)16-6-3-7-17(11-16)25(22,23)20-9-10-24-13-15(20)2/h3,6-7,11,14-15H,4-5,8-10,12-13H2,1-2H3. The molecule has 1 aromatic carbocycles. The average molecular weight is 366 g/mol. The van der Waals surface area contributed by atoms with Gasteiger partial charge in [0.1, 0.15) is 0 Å². The van der Waals surface area contributed by atoms with Crippen molar-refractivity contribution in [3.05, 3.63) is 29.8 Å². The van der Waals surface area contributed by atoms with Gasteiger partial charge in [0.05, 0.1) is 18.1 Å². The third-order valence-electron chi connectivity index (χ3n) is 4.94. The first-order valence-corrected chi connectivity index (χ1v) is 10.3. The SMILES string of the molecule is CC1CCCN(C(=O)c2cccc(S(=O)(=O)N3CCOCC3C)c2)C1. The zero-order valence-electron chi connectivity index (χ0n) is 14.8. The molecule has 6 nitrogen and oxygen atoms in total. The second-order valence-electron chi connectivity index (χ2n) is 7.07. The number of benzene rings is 1. The fourth-order valence-electron chi connectivity index (χ4n) is 3.55. The monoisotopic (exact) mass is 366 g/mol. The van der Waals surface area contributed by atoms with Crippen LogP contribution in [0.3, 0.4) is 0 Å². The molecule has 7 heteroatoms. The highest BCUT2D eigenvalue weighted by atomic mass is 32.2. The Morgan fingerprint density at radius 2 is 2.04 bits per heavy atom. The highest BCUT2D eigenvalue weighted by Gasteiger charge is 2.32. The summed E-state index contributed by atoms with van der Waals surface area (Å²) in [5.74, 6) is 0.400. The van der Waals surface area contributed by atoms with Crippen LogP contribution >= 0.6 is 0 Å². The van der Waals surface area contributed by atoms with E-state index in [4.69, 9.17) is 4.74 Å². The molecule has 25 heavy (non-hydrogen) atoms. The molecule has 2 atom stereocenters. The minimum Gasteiger partial charge on any atom is -0.378 e. The minimum atomic E-state index is -3.63. The average Bonchev–Trinajstić information content (AvgIpc) is 2.61. The molecule has 1 aromatic rings. The lowest BCUT2D eigenvalue weighted by molar-refractivity contribution is 0.0392. The molecule has 0 saturated carbocycles. The molecule has 1 amide bonds. The lowest BCUT2D eigenvalue weighted by Crippen LogP contribution is -2.47. The number of ether oxygens (including phenoxy) is 1. The van der Waals surface area contributed by atoms with E-state index in [1.54, 1.807) is 18.2 Å². The topological polar surface area (TPSA) is 66.9 Å². The van der Waals surface area contributed by atoms with E-state index in [0.717, 1.165) is 25.9 Å². The van der Waals surface area contributed by atoms with E-state index < -0.39 is 10.0 Å². The predicted molar refractivity (Wildman–Crippen MR) is 94.9 cm³/mol. The Hall–Kier alpha value is -1.44. The molecule has 0 spiro atoms. The summed E-state index contributed by atoms with van der Waals surface area (Å²) in [6, 6.07) is 6.22. The van der Waals surface area contributed by atoms with Crippen molar-refractivity contribution in [2.45, 2.75) is 37.6 Å². The predicted octanol–water partition coefficient (Wildman–Crippen LogP) is 1.97. The molecule has 0 aliphatic carbocycles. The van der Waals surface area contributed by atoms with Crippen molar-refractivity contribution in [2.24, 2.45) is 5.92 Å². The molecule has 0 aromatic heterocycles. The minimum absolute atomic E-state index is 0.0846. The van der Waals surface area contributed by atoms with Crippen LogP contribution in [0.1, 0.15) is 37.0 Å². The van der Waals surface area contributed by atoms with Gasteiger partial charge < -0.3 is 9.64 Å². The van der Waals surface area contributed by atoms with Crippen LogP contribution in [0.2, 0.25) is 0 Å². The Kier molecular flexibility index (Phi) is 5.46. The van der Waals surface area contributed by atoms with E-state index >= 15 is 0 Å². The van der Waals surface area contributed by atoms with Crippen molar-refractivity contribution >= 4 is 15.9 Å². The number of rotatable bonds is 3. The maximum absolute atomic E-state index is 12.9. The maximum atomic E-state index is 12.9. The molecular formula is C18H26N2O4S. The van der Waals surface area contributed by atoms with Crippen LogP contribution < -0.4 is 0 Å². The zero-order chi connectivity index (χ0) is 18.0. The second-order valence-corrected chi connectivity index (χ2v) is 8.96. The van der Waals surface area contributed by atoms with Crippen molar-refractivity contribution in [1.29, 1.82) is 0 Å². The van der Waals surface area contributed by atoms with Gasteiger partial charge in [-0.3, -0.25) is 4.79 Å². The summed E-state index contributed by atoms with van der Waals surface area (Å²) in [5.41, 5.74) is 0.441. The highest BCUT2D eigenvalue weighted by Crippen LogP contribution is 2.23. The van der Waals surface area contributed by atoms with Crippen LogP contribution in [0.5, 0.6) is 0 Å². The highest BCUT2D eigenvalue weighted by molar-refractivity contribution is 7.89. The van der Waals surface area contributed by atoms with Crippen LogP contribution in [0.25, 0.3) is 0 Å². The number of morpholine rings is 1. The molecule has 0 N–H and O–H groups in total. The number of carbonyl (C=O) groups is 1. The van der Waals surface area contributed by atoms with Gasteiger partial charge in [0, 0.05) is 31.2 Å². The van der Waals surface area contributed by atoms with Crippen molar-refractivity contribution in [2.75, 3.05) is 32.8 Å². The van der Waals surface area contributed by atoms with Crippen LogP contribution in [0.15, 0.2) is 29.2 Å². The summed E-state index contributed by atoms with van der Waals surface area (Å²) in [6.45, 7) is 6.57. The van der Waals surface area contributed by atoms with Crippen molar-refractivity contribution in [3.8, 4) is 0 Å². The Morgan fingerprint density at radius 1 is 1.24 bits per heavy atom. The first-order chi connectivity index (χ1) is 11.9. The zero-order valence-corrected chi connectivity index (χ0v) is 15.7. The number of likely N-dealkylation sites (tertiary alicyclic amines) is 1. The number of hydrogen-bond donors (Lipinski definition) is 0. The molecule has 2 saturated heterocycles. The lowest BCUT2D eigenvalue weighted by atomic mass is 9.99.